The number of nitrogens with zero attached hydrogens (tertiary/aromatic N) is 3. The van der Waals surface area contributed by atoms with Crippen LogP contribution in [0.1, 0.15) is 45.7 Å². The number of aromatic nitrogens is 3. The number of thiazole rings is 1. The van der Waals surface area contributed by atoms with E-state index in [1.165, 1.54) is 0 Å². The van der Waals surface area contributed by atoms with E-state index < -0.39 is 0 Å². The smallest absolute Gasteiger partial charge is 0.257 e. The van der Waals surface area contributed by atoms with Crippen LogP contribution in [0, 0.1) is 13.8 Å². The van der Waals surface area contributed by atoms with Crippen LogP contribution in [0.4, 0.5) is 0 Å². The molecule has 1 N–H and O–H groups in total. The monoisotopic (exact) mass is 376 g/mol. The molecule has 4 rings (SSSR count). The summed E-state index contributed by atoms with van der Waals surface area (Å²) in [7, 11) is 0. The molecule has 0 saturated carbocycles. The molecule has 6 nitrogen and oxygen atoms in total. The summed E-state index contributed by atoms with van der Waals surface area (Å²) in [4.78, 5) is 35.2. The highest BCUT2D eigenvalue weighted by atomic mass is 32.2. The predicted octanol–water partition coefficient (Wildman–Crippen LogP) is 2.16. The van der Waals surface area contributed by atoms with Gasteiger partial charge < -0.3 is 5.32 Å². The maximum Gasteiger partial charge on any atom is 0.257 e. The summed E-state index contributed by atoms with van der Waals surface area (Å²) in [5, 5.41) is 4.75. The fourth-order valence-corrected chi connectivity index (χ4v) is 5.54. The van der Waals surface area contributed by atoms with Crippen molar-refractivity contribution in [2.75, 3.05) is 5.75 Å². The maximum absolute atomic E-state index is 12.7. The van der Waals surface area contributed by atoms with Gasteiger partial charge in [-0.3, -0.25) is 14.2 Å². The first-order valence-electron chi connectivity index (χ1n) is 8.49. The van der Waals surface area contributed by atoms with Gasteiger partial charge in [0.05, 0.1) is 29.0 Å². The second-order valence-electron chi connectivity index (χ2n) is 6.54. The van der Waals surface area contributed by atoms with Crippen LogP contribution in [-0.2, 0) is 24.2 Å². The minimum atomic E-state index is -0.102. The average Bonchev–Trinajstić information content (AvgIpc) is 3.25. The maximum atomic E-state index is 12.7. The van der Waals surface area contributed by atoms with E-state index in [2.05, 4.69) is 15.3 Å². The first-order valence-corrected chi connectivity index (χ1v) is 10.3. The minimum absolute atomic E-state index is 0.0312. The number of rotatable bonds is 4. The molecule has 0 fully saturated rings. The molecule has 2 aliphatic rings. The van der Waals surface area contributed by atoms with E-state index >= 15 is 0 Å². The zero-order valence-electron chi connectivity index (χ0n) is 14.3. The molecular formula is C17H20N4O2S2. The summed E-state index contributed by atoms with van der Waals surface area (Å²) in [6.07, 6.45) is 3.04. The van der Waals surface area contributed by atoms with E-state index in [1.54, 1.807) is 27.7 Å². The molecule has 0 bridgehead atoms. The van der Waals surface area contributed by atoms with Crippen LogP contribution >= 0.6 is 23.1 Å². The van der Waals surface area contributed by atoms with Gasteiger partial charge in [-0.05, 0) is 33.1 Å². The zero-order chi connectivity index (χ0) is 17.6. The van der Waals surface area contributed by atoms with Crippen LogP contribution in [0.2, 0.25) is 0 Å². The third-order valence-electron chi connectivity index (χ3n) is 4.74. The molecule has 2 aromatic heterocycles. The van der Waals surface area contributed by atoms with Crippen molar-refractivity contribution in [1.82, 2.24) is 19.9 Å². The number of fused-ring (bicyclic) bond motifs is 2. The van der Waals surface area contributed by atoms with Crippen molar-refractivity contribution in [3.63, 3.8) is 0 Å². The molecule has 0 saturated heterocycles. The molecule has 0 spiro atoms. The molecule has 132 valence electrons. The van der Waals surface area contributed by atoms with E-state index in [4.69, 9.17) is 0 Å². The highest BCUT2D eigenvalue weighted by Gasteiger charge is 2.31. The summed E-state index contributed by atoms with van der Waals surface area (Å²) in [5.41, 5.74) is 2.85. The first-order chi connectivity index (χ1) is 12.0. The van der Waals surface area contributed by atoms with Crippen molar-refractivity contribution >= 4 is 29.0 Å². The number of thioether (sulfide) groups is 1. The van der Waals surface area contributed by atoms with Gasteiger partial charge in [-0.25, -0.2) is 9.97 Å². The van der Waals surface area contributed by atoms with Crippen LogP contribution in [0.3, 0.4) is 0 Å². The Labute approximate surface area is 154 Å². The van der Waals surface area contributed by atoms with E-state index in [9.17, 15) is 9.59 Å². The normalized spacial score (nSPS) is 18.2. The van der Waals surface area contributed by atoms with Crippen LogP contribution in [0.15, 0.2) is 9.95 Å². The summed E-state index contributed by atoms with van der Waals surface area (Å²) in [6, 6.07) is -0.102. The third kappa shape index (κ3) is 3.13. The molecule has 1 aliphatic heterocycles. The van der Waals surface area contributed by atoms with Crippen LogP contribution in [0.25, 0.3) is 0 Å². The van der Waals surface area contributed by atoms with Crippen molar-refractivity contribution in [3.05, 3.63) is 37.2 Å². The number of carbonyl (C=O) groups is 1. The zero-order valence-corrected chi connectivity index (χ0v) is 15.9. The highest BCUT2D eigenvalue weighted by Crippen LogP contribution is 2.33. The van der Waals surface area contributed by atoms with Crippen molar-refractivity contribution in [2.45, 2.75) is 57.3 Å². The highest BCUT2D eigenvalue weighted by molar-refractivity contribution is 7.99. The fraction of sp³-hybridized carbons (Fsp3) is 0.529. The third-order valence-corrected chi connectivity index (χ3v) is 6.91. The molecule has 0 radical (unpaired) electrons. The van der Waals surface area contributed by atoms with Gasteiger partial charge in [0.2, 0.25) is 5.91 Å². The Morgan fingerprint density at radius 1 is 1.32 bits per heavy atom. The number of hydrogen-bond donors (Lipinski definition) is 1. The molecule has 0 aromatic carbocycles. The summed E-state index contributed by atoms with van der Waals surface area (Å²) >= 11 is 3.19. The standard InChI is InChI=1S/C17H20N4O2S2/c1-9-14(25-10(2)19-9)7-18-15(22)6-11-8-24-17-20-13-5-3-4-12(13)16(23)21(11)17/h11H,3-8H2,1-2H3,(H,18,22). The number of carbonyl (C=O) groups excluding carboxylic acids is 1. The first kappa shape index (κ1) is 16.8. The van der Waals surface area contributed by atoms with Crippen molar-refractivity contribution < 1.29 is 4.79 Å². The topological polar surface area (TPSA) is 76.9 Å². The molecule has 8 heteroatoms. The van der Waals surface area contributed by atoms with Crippen molar-refractivity contribution in [3.8, 4) is 0 Å². The lowest BCUT2D eigenvalue weighted by atomic mass is 10.2. The van der Waals surface area contributed by atoms with Gasteiger partial charge in [0.25, 0.3) is 5.56 Å². The number of hydrogen-bond acceptors (Lipinski definition) is 6. The Morgan fingerprint density at radius 2 is 2.16 bits per heavy atom. The van der Waals surface area contributed by atoms with Crippen molar-refractivity contribution in [2.24, 2.45) is 0 Å². The van der Waals surface area contributed by atoms with Gasteiger partial charge in [-0.15, -0.1) is 11.3 Å². The molecule has 1 aliphatic carbocycles. The Kier molecular flexibility index (Phi) is 4.41. The number of amides is 1. The largest absolute Gasteiger partial charge is 0.351 e. The predicted molar refractivity (Wildman–Crippen MR) is 98.3 cm³/mol. The second kappa shape index (κ2) is 6.57. The average molecular weight is 377 g/mol. The van der Waals surface area contributed by atoms with Crippen LogP contribution in [0.5, 0.6) is 0 Å². The lowest BCUT2D eigenvalue weighted by Gasteiger charge is -2.14. The van der Waals surface area contributed by atoms with E-state index in [0.717, 1.165) is 57.0 Å². The fourth-order valence-electron chi connectivity index (χ4n) is 3.50. The molecule has 1 atom stereocenters. The van der Waals surface area contributed by atoms with Crippen LogP contribution in [-0.4, -0.2) is 26.2 Å². The molecule has 3 heterocycles. The summed E-state index contributed by atoms with van der Waals surface area (Å²) in [5.74, 6) is 0.702. The SMILES string of the molecule is Cc1nc(C)c(CNC(=O)CC2CSc3nc4c(c(=O)n32)CCC4)s1. The lowest BCUT2D eigenvalue weighted by Crippen LogP contribution is -2.32. The van der Waals surface area contributed by atoms with Gasteiger partial charge in [0, 0.05) is 22.6 Å². The van der Waals surface area contributed by atoms with E-state index in [1.807, 2.05) is 13.8 Å². The molecule has 1 amide bonds. The van der Waals surface area contributed by atoms with Gasteiger partial charge >= 0.3 is 0 Å². The molecule has 1 unspecified atom stereocenters. The van der Waals surface area contributed by atoms with E-state index in [0.29, 0.717) is 13.0 Å². The summed E-state index contributed by atoms with van der Waals surface area (Å²) in [6.45, 7) is 4.43. The van der Waals surface area contributed by atoms with Gasteiger partial charge in [0.1, 0.15) is 0 Å². The lowest BCUT2D eigenvalue weighted by molar-refractivity contribution is -0.121. The Balaban J connectivity index is 1.46. The molecular weight excluding hydrogens is 356 g/mol. The Morgan fingerprint density at radius 3 is 2.92 bits per heavy atom. The Hall–Kier alpha value is -1.67. The number of nitrogens with one attached hydrogen (secondary N) is 1. The summed E-state index contributed by atoms with van der Waals surface area (Å²) < 4.78 is 1.75. The van der Waals surface area contributed by atoms with E-state index in [-0.39, 0.29) is 17.5 Å². The van der Waals surface area contributed by atoms with Gasteiger partial charge in [-0.2, -0.15) is 0 Å². The van der Waals surface area contributed by atoms with Gasteiger partial charge in [-0.1, -0.05) is 11.8 Å². The minimum Gasteiger partial charge on any atom is -0.351 e. The van der Waals surface area contributed by atoms with Gasteiger partial charge in [0.15, 0.2) is 5.16 Å². The number of aryl methyl sites for hydroxylation is 3. The Bertz CT molecular complexity index is 903. The quantitative estimate of drug-likeness (QED) is 0.828. The molecule has 2 aromatic rings. The van der Waals surface area contributed by atoms with Crippen molar-refractivity contribution in [1.29, 1.82) is 0 Å². The second-order valence-corrected chi connectivity index (χ2v) is 8.81. The molecule has 25 heavy (non-hydrogen) atoms. The van der Waals surface area contributed by atoms with Crippen LogP contribution < -0.4 is 10.9 Å².